The highest BCUT2D eigenvalue weighted by Crippen LogP contribution is 2.49. The lowest BCUT2D eigenvalue weighted by atomic mass is 9.85. The summed E-state index contributed by atoms with van der Waals surface area (Å²) in [4.78, 5) is 18.9. The van der Waals surface area contributed by atoms with Crippen LogP contribution in [-0.4, -0.2) is 51.3 Å². The van der Waals surface area contributed by atoms with Gasteiger partial charge in [-0.25, -0.2) is 14.2 Å². The first kappa shape index (κ1) is 28.8. The number of ether oxygens (including phenoxy) is 3. The smallest absolute Gasteiger partial charge is 0.335 e. The largest absolute Gasteiger partial charge is 0.478 e. The first-order valence-corrected chi connectivity index (χ1v) is 15.2. The third-order valence-electron chi connectivity index (χ3n) is 8.93. The number of piperidine rings is 1. The number of likely N-dealkylation sites (tertiary alicyclic amines) is 1. The van der Waals surface area contributed by atoms with Crippen molar-refractivity contribution in [2.45, 2.75) is 50.3 Å². The monoisotopic (exact) mass is 615 g/mol. The Bertz CT molecular complexity index is 1770. The van der Waals surface area contributed by atoms with Crippen molar-refractivity contribution in [2.24, 2.45) is 5.92 Å². The number of terminal acetylenes is 1. The van der Waals surface area contributed by atoms with Crippen LogP contribution < -0.4 is 4.74 Å². The van der Waals surface area contributed by atoms with Gasteiger partial charge in [0.05, 0.1) is 47.5 Å². The van der Waals surface area contributed by atoms with Gasteiger partial charge in [-0.3, -0.25) is 4.90 Å². The van der Waals surface area contributed by atoms with Crippen LogP contribution in [0, 0.1) is 24.1 Å². The molecule has 3 atom stereocenters. The fourth-order valence-corrected chi connectivity index (χ4v) is 6.63. The fraction of sp³-hybridized carbons (Fsp3) is 0.353. The molecule has 2 fully saturated rings. The number of aromatic carboxylic acids is 1. The van der Waals surface area contributed by atoms with Crippen molar-refractivity contribution in [2.75, 3.05) is 19.7 Å². The predicted octanol–water partition coefficient (Wildman–Crippen LogP) is 6.16. The van der Waals surface area contributed by atoms with Crippen LogP contribution in [-0.2, 0) is 28.4 Å². The lowest BCUT2D eigenvalue weighted by Gasteiger charge is -2.44. The van der Waals surface area contributed by atoms with E-state index in [9.17, 15) is 9.90 Å². The van der Waals surface area contributed by atoms with E-state index < -0.39 is 23.7 Å². The maximum absolute atomic E-state index is 15.2. The number of para-hydroxylation sites is 1. The summed E-state index contributed by atoms with van der Waals surface area (Å²) < 4.78 is 35.7. The Kier molecular flexibility index (Phi) is 7.55. The van der Waals surface area contributed by atoms with Crippen molar-refractivity contribution < 1.29 is 28.5 Å². The summed E-state index contributed by atoms with van der Waals surface area (Å²) in [6, 6.07) is 17.0. The number of fused-ring (bicyclic) bond motifs is 2. The van der Waals surface area contributed by atoms with E-state index in [0.29, 0.717) is 18.8 Å². The van der Waals surface area contributed by atoms with Gasteiger partial charge in [-0.05, 0) is 86.7 Å². The van der Waals surface area contributed by atoms with E-state index >= 15 is 4.39 Å². The highest BCUT2D eigenvalue weighted by molar-refractivity contribution is 6.30. The molecule has 0 amide bonds. The number of carbonyl (C=O) groups is 1. The minimum atomic E-state index is -1.73. The van der Waals surface area contributed by atoms with Gasteiger partial charge in [-0.1, -0.05) is 29.8 Å². The average molecular weight is 616 g/mol. The highest BCUT2D eigenvalue weighted by atomic mass is 35.5. The molecule has 2 saturated heterocycles. The van der Waals surface area contributed by atoms with Crippen LogP contribution in [0.4, 0.5) is 4.39 Å². The lowest BCUT2D eigenvalue weighted by molar-refractivity contribution is -0.218. The van der Waals surface area contributed by atoms with E-state index in [0.717, 1.165) is 61.4 Å². The zero-order chi connectivity index (χ0) is 30.4. The normalized spacial score (nSPS) is 23.8. The molecule has 44 heavy (non-hydrogen) atoms. The zero-order valence-corrected chi connectivity index (χ0v) is 24.7. The molecule has 4 aromatic rings. The van der Waals surface area contributed by atoms with Gasteiger partial charge in [-0.2, -0.15) is 0 Å². The van der Waals surface area contributed by atoms with Crippen LogP contribution in [0.15, 0.2) is 60.7 Å². The second kappa shape index (κ2) is 11.5. The number of imidazole rings is 1. The Morgan fingerprint density at radius 1 is 1.14 bits per heavy atom. The summed E-state index contributed by atoms with van der Waals surface area (Å²) in [6.45, 7) is 3.56. The summed E-state index contributed by atoms with van der Waals surface area (Å²) in [6.07, 6.45) is 8.29. The summed E-state index contributed by atoms with van der Waals surface area (Å²) in [5, 5.41) is 9.82. The van der Waals surface area contributed by atoms with Crippen molar-refractivity contribution in [3.63, 3.8) is 0 Å². The molecule has 3 aliphatic heterocycles. The van der Waals surface area contributed by atoms with Gasteiger partial charge >= 0.3 is 11.8 Å². The number of nitrogens with zero attached hydrogens (tertiary/aromatic N) is 3. The van der Waals surface area contributed by atoms with Gasteiger partial charge < -0.3 is 23.9 Å². The third-order valence-corrected chi connectivity index (χ3v) is 9.16. The second-order valence-electron chi connectivity index (χ2n) is 11.6. The topological polar surface area (TPSA) is 86.1 Å². The van der Waals surface area contributed by atoms with Crippen LogP contribution >= 0.6 is 11.6 Å². The van der Waals surface area contributed by atoms with Crippen molar-refractivity contribution in [3.8, 4) is 18.1 Å². The van der Waals surface area contributed by atoms with Gasteiger partial charge in [0, 0.05) is 17.2 Å². The summed E-state index contributed by atoms with van der Waals surface area (Å²) in [5.41, 5.74) is 2.81. The second-order valence-corrected chi connectivity index (χ2v) is 12.0. The third kappa shape index (κ3) is 5.22. The quantitative estimate of drug-likeness (QED) is 0.249. The Labute approximate surface area is 259 Å². The van der Waals surface area contributed by atoms with Gasteiger partial charge in [0.25, 0.3) is 0 Å². The maximum atomic E-state index is 15.2. The van der Waals surface area contributed by atoms with E-state index in [4.69, 9.17) is 37.2 Å². The number of hydrogen-bond acceptors (Lipinski definition) is 6. The lowest BCUT2D eigenvalue weighted by Crippen LogP contribution is -2.44. The van der Waals surface area contributed by atoms with E-state index in [2.05, 4.69) is 15.4 Å². The molecular weight excluding hydrogens is 585 g/mol. The zero-order valence-electron chi connectivity index (χ0n) is 23.9. The minimum Gasteiger partial charge on any atom is -0.478 e. The van der Waals surface area contributed by atoms with E-state index in [1.54, 1.807) is 24.3 Å². The Balaban J connectivity index is 1.12. The van der Waals surface area contributed by atoms with Crippen molar-refractivity contribution in [1.29, 1.82) is 0 Å². The molecule has 4 heterocycles. The number of hydrogen-bond donors (Lipinski definition) is 1. The number of halogens is 2. The molecule has 1 N–H and O–H groups in total. The highest BCUT2D eigenvalue weighted by Gasteiger charge is 2.47. The van der Waals surface area contributed by atoms with Crippen molar-refractivity contribution in [3.05, 3.63) is 94.0 Å². The molecule has 2 unspecified atom stereocenters. The number of aromatic nitrogens is 2. The molecule has 7 rings (SSSR count). The Hall–Kier alpha value is -3.94. The molecule has 3 aliphatic rings. The van der Waals surface area contributed by atoms with E-state index in [-0.39, 0.29) is 28.2 Å². The minimum absolute atomic E-state index is 0.0954. The van der Waals surface area contributed by atoms with E-state index in [1.165, 1.54) is 12.1 Å². The first-order valence-electron chi connectivity index (χ1n) is 14.8. The molecule has 0 bridgehead atoms. The van der Waals surface area contributed by atoms with Crippen LogP contribution in [0.1, 0.15) is 52.7 Å². The molecule has 3 aromatic carbocycles. The molecule has 0 saturated carbocycles. The van der Waals surface area contributed by atoms with Gasteiger partial charge in [0.1, 0.15) is 17.4 Å². The number of benzene rings is 3. The Morgan fingerprint density at radius 2 is 1.93 bits per heavy atom. The number of carboxylic acid groups (broad SMARTS) is 1. The fourth-order valence-electron chi connectivity index (χ4n) is 6.47. The molecule has 0 aliphatic carbocycles. The van der Waals surface area contributed by atoms with Gasteiger partial charge in [0.15, 0.2) is 0 Å². The molecule has 1 aromatic heterocycles. The summed E-state index contributed by atoms with van der Waals surface area (Å²) in [7, 11) is 0. The standard InChI is InChI=1S/C34H31ClFN3O5/c1-2-34(26-9-8-23(35)18-27(26)36)43-30-6-4-3-5-25(30)32(44-34)21-11-14-38(15-12-21)20-31-37-28-10-7-22(33(40)41)17-29(28)39(31)19-24-13-16-42-24/h1,3-10,17-18,21,24,32H,11-16,19-20H2,(H,40,41)/t24-,32?,34?/m0/s1. The molecule has 0 spiro atoms. The molecule has 8 nitrogen and oxygen atoms in total. The van der Waals surface area contributed by atoms with Crippen LogP contribution in [0.2, 0.25) is 5.02 Å². The Morgan fingerprint density at radius 3 is 2.64 bits per heavy atom. The predicted molar refractivity (Wildman–Crippen MR) is 162 cm³/mol. The van der Waals surface area contributed by atoms with Crippen LogP contribution in [0.25, 0.3) is 11.0 Å². The SMILES string of the molecule is C#CC1(c2ccc(Cl)cc2F)Oc2ccccc2C(C2CCN(Cc3nc4ccc(C(=O)O)cc4n3C[C@@H]3CCO3)CC2)O1. The average Bonchev–Trinajstić information content (AvgIpc) is 3.34. The number of carboxylic acids is 1. The summed E-state index contributed by atoms with van der Waals surface area (Å²) in [5.74, 6) is 0.891. The van der Waals surface area contributed by atoms with Gasteiger partial charge in [-0.15, -0.1) is 6.42 Å². The molecule has 226 valence electrons. The molecular formula is C34H31ClFN3O5. The van der Waals surface area contributed by atoms with Crippen LogP contribution in [0.5, 0.6) is 5.75 Å². The van der Waals surface area contributed by atoms with Crippen molar-refractivity contribution >= 4 is 28.6 Å². The van der Waals surface area contributed by atoms with Gasteiger partial charge in [0.2, 0.25) is 0 Å². The summed E-state index contributed by atoms with van der Waals surface area (Å²) >= 11 is 6.02. The van der Waals surface area contributed by atoms with Crippen molar-refractivity contribution in [1.82, 2.24) is 14.5 Å². The maximum Gasteiger partial charge on any atom is 0.335 e. The van der Waals surface area contributed by atoms with Crippen LogP contribution in [0.3, 0.4) is 0 Å². The number of rotatable bonds is 7. The molecule has 10 heteroatoms. The molecule has 0 radical (unpaired) electrons. The first-order chi connectivity index (χ1) is 21.3. The van der Waals surface area contributed by atoms with E-state index in [1.807, 2.05) is 24.3 Å².